The van der Waals surface area contributed by atoms with Crippen LogP contribution in [0.1, 0.15) is 27.5 Å². The van der Waals surface area contributed by atoms with Gasteiger partial charge in [-0.05, 0) is 32.0 Å². The van der Waals surface area contributed by atoms with Gasteiger partial charge in [0.05, 0.1) is 19.4 Å². The van der Waals surface area contributed by atoms with Crippen molar-refractivity contribution >= 4 is 5.78 Å². The van der Waals surface area contributed by atoms with E-state index in [1.807, 2.05) is 38.1 Å². The van der Waals surface area contributed by atoms with Crippen molar-refractivity contribution < 1.29 is 9.21 Å². The number of allylic oxidation sites excluding steroid dienone is 1. The summed E-state index contributed by atoms with van der Waals surface area (Å²) in [5.41, 5.74) is 3.00. The fourth-order valence-electron chi connectivity index (χ4n) is 3.51. The van der Waals surface area contributed by atoms with Crippen LogP contribution in [-0.2, 0) is 13.1 Å². The van der Waals surface area contributed by atoms with Crippen LogP contribution in [0.5, 0.6) is 0 Å². The number of rotatable bonds is 7. The molecule has 5 nitrogen and oxygen atoms in total. The Morgan fingerprint density at radius 2 is 1.96 bits per heavy atom. The molecular formula is C20H27N3O2. The normalized spacial score (nSPS) is 16.2. The molecule has 5 heteroatoms. The Balaban J connectivity index is 1.54. The molecular weight excluding hydrogens is 314 g/mol. The van der Waals surface area contributed by atoms with E-state index in [4.69, 9.17) is 4.42 Å². The largest absolute Gasteiger partial charge is 0.468 e. The van der Waals surface area contributed by atoms with Gasteiger partial charge in [-0.1, -0.05) is 6.08 Å². The van der Waals surface area contributed by atoms with Gasteiger partial charge < -0.3 is 8.98 Å². The first-order chi connectivity index (χ1) is 12.1. The Hall–Kier alpha value is -2.11. The Morgan fingerprint density at radius 1 is 1.24 bits per heavy atom. The van der Waals surface area contributed by atoms with Crippen molar-refractivity contribution in [1.82, 2.24) is 14.4 Å². The number of hydrogen-bond acceptors (Lipinski definition) is 4. The third-order valence-electron chi connectivity index (χ3n) is 4.98. The number of Topliss-reactive ketones (excluding diaryl/α,β-unsaturated/α-hetero) is 1. The van der Waals surface area contributed by atoms with E-state index in [9.17, 15) is 4.79 Å². The van der Waals surface area contributed by atoms with Crippen molar-refractivity contribution in [3.05, 3.63) is 59.8 Å². The number of nitrogens with zero attached hydrogens (tertiary/aromatic N) is 3. The van der Waals surface area contributed by atoms with Crippen LogP contribution >= 0.6 is 0 Å². The maximum atomic E-state index is 12.7. The summed E-state index contributed by atoms with van der Waals surface area (Å²) in [6, 6.07) is 5.94. The van der Waals surface area contributed by atoms with E-state index in [1.165, 1.54) is 0 Å². The van der Waals surface area contributed by atoms with Crippen molar-refractivity contribution in [3.63, 3.8) is 0 Å². The molecule has 25 heavy (non-hydrogen) atoms. The van der Waals surface area contributed by atoms with Crippen molar-refractivity contribution in [1.29, 1.82) is 0 Å². The van der Waals surface area contributed by atoms with E-state index in [-0.39, 0.29) is 5.78 Å². The van der Waals surface area contributed by atoms with Crippen LogP contribution in [0.3, 0.4) is 0 Å². The van der Waals surface area contributed by atoms with Crippen LogP contribution in [0.4, 0.5) is 0 Å². The summed E-state index contributed by atoms with van der Waals surface area (Å²) >= 11 is 0. The number of aromatic nitrogens is 1. The SMILES string of the molecule is C=CCn1c(C)cc(C(=O)CN2CCN(Cc3ccco3)CC2)c1C. The van der Waals surface area contributed by atoms with Gasteiger partial charge in [0.1, 0.15) is 5.76 Å². The third-order valence-corrected chi connectivity index (χ3v) is 4.98. The lowest BCUT2D eigenvalue weighted by atomic mass is 10.1. The molecule has 0 amide bonds. The molecule has 0 bridgehead atoms. The van der Waals surface area contributed by atoms with Crippen LogP contribution in [0.15, 0.2) is 41.5 Å². The molecule has 0 aliphatic carbocycles. The molecule has 0 saturated carbocycles. The summed E-state index contributed by atoms with van der Waals surface area (Å²) in [5.74, 6) is 1.21. The molecule has 0 atom stereocenters. The summed E-state index contributed by atoms with van der Waals surface area (Å²) in [6.45, 7) is 13.7. The second kappa shape index (κ2) is 7.85. The monoisotopic (exact) mass is 341 g/mol. The Morgan fingerprint density at radius 3 is 2.60 bits per heavy atom. The number of hydrogen-bond donors (Lipinski definition) is 0. The molecule has 3 rings (SSSR count). The first-order valence-corrected chi connectivity index (χ1v) is 8.86. The van der Waals surface area contributed by atoms with Crippen LogP contribution in [0, 0.1) is 13.8 Å². The number of ketones is 1. The molecule has 1 aliphatic rings. The van der Waals surface area contributed by atoms with Crippen molar-refractivity contribution in [2.75, 3.05) is 32.7 Å². The molecule has 1 aliphatic heterocycles. The molecule has 2 aromatic rings. The summed E-state index contributed by atoms with van der Waals surface area (Å²) in [4.78, 5) is 17.4. The molecule has 134 valence electrons. The van der Waals surface area contributed by atoms with Crippen LogP contribution in [0.2, 0.25) is 0 Å². The second-order valence-electron chi connectivity index (χ2n) is 6.74. The minimum absolute atomic E-state index is 0.211. The fraction of sp³-hybridized carbons (Fsp3) is 0.450. The number of carbonyl (C=O) groups excluding carboxylic acids is 1. The number of carbonyl (C=O) groups is 1. The quantitative estimate of drug-likeness (QED) is 0.574. The molecule has 0 spiro atoms. The van der Waals surface area contributed by atoms with Crippen molar-refractivity contribution in [2.45, 2.75) is 26.9 Å². The zero-order valence-corrected chi connectivity index (χ0v) is 15.2. The third kappa shape index (κ3) is 4.11. The van der Waals surface area contributed by atoms with Gasteiger partial charge in [0.25, 0.3) is 0 Å². The lowest BCUT2D eigenvalue weighted by Gasteiger charge is -2.33. The first-order valence-electron chi connectivity index (χ1n) is 8.86. The molecule has 0 N–H and O–H groups in total. The van der Waals surface area contributed by atoms with Gasteiger partial charge >= 0.3 is 0 Å². The Labute approximate surface area is 149 Å². The average Bonchev–Trinajstić information content (AvgIpc) is 3.20. The molecule has 1 fully saturated rings. The van der Waals surface area contributed by atoms with Crippen LogP contribution < -0.4 is 0 Å². The van der Waals surface area contributed by atoms with Gasteiger partial charge in [-0.25, -0.2) is 0 Å². The minimum Gasteiger partial charge on any atom is -0.468 e. The topological polar surface area (TPSA) is 41.6 Å². The van der Waals surface area contributed by atoms with E-state index in [0.717, 1.165) is 62.0 Å². The highest BCUT2D eigenvalue weighted by molar-refractivity contribution is 5.99. The van der Waals surface area contributed by atoms with E-state index in [1.54, 1.807) is 6.26 Å². The highest BCUT2D eigenvalue weighted by atomic mass is 16.3. The van der Waals surface area contributed by atoms with Gasteiger partial charge in [-0.15, -0.1) is 6.58 Å². The van der Waals surface area contributed by atoms with Crippen molar-refractivity contribution in [3.8, 4) is 0 Å². The lowest BCUT2D eigenvalue weighted by molar-refractivity contribution is 0.0833. The van der Waals surface area contributed by atoms with Gasteiger partial charge in [0, 0.05) is 49.7 Å². The van der Waals surface area contributed by atoms with E-state index in [2.05, 4.69) is 20.9 Å². The van der Waals surface area contributed by atoms with Gasteiger partial charge in [0.15, 0.2) is 5.78 Å². The molecule has 1 saturated heterocycles. The predicted molar refractivity (Wildman–Crippen MR) is 98.9 cm³/mol. The maximum Gasteiger partial charge on any atom is 0.178 e. The maximum absolute atomic E-state index is 12.7. The molecule has 3 heterocycles. The van der Waals surface area contributed by atoms with Crippen LogP contribution in [0.25, 0.3) is 0 Å². The highest BCUT2D eigenvalue weighted by Gasteiger charge is 2.22. The van der Waals surface area contributed by atoms with Crippen molar-refractivity contribution in [2.24, 2.45) is 0 Å². The molecule has 0 radical (unpaired) electrons. The molecule has 2 aromatic heterocycles. The number of piperazine rings is 1. The summed E-state index contributed by atoms with van der Waals surface area (Å²) in [6.07, 6.45) is 3.58. The van der Waals surface area contributed by atoms with E-state index < -0.39 is 0 Å². The zero-order valence-electron chi connectivity index (χ0n) is 15.2. The smallest absolute Gasteiger partial charge is 0.178 e. The Kier molecular flexibility index (Phi) is 5.56. The molecule has 0 aromatic carbocycles. The minimum atomic E-state index is 0.211. The lowest BCUT2D eigenvalue weighted by Crippen LogP contribution is -2.47. The van der Waals surface area contributed by atoms with E-state index >= 15 is 0 Å². The van der Waals surface area contributed by atoms with E-state index in [0.29, 0.717) is 6.54 Å². The summed E-state index contributed by atoms with van der Waals surface area (Å²) in [7, 11) is 0. The fourth-order valence-corrected chi connectivity index (χ4v) is 3.51. The second-order valence-corrected chi connectivity index (χ2v) is 6.74. The number of furan rings is 1. The van der Waals surface area contributed by atoms with Gasteiger partial charge in [-0.3, -0.25) is 14.6 Å². The van der Waals surface area contributed by atoms with Gasteiger partial charge in [-0.2, -0.15) is 0 Å². The van der Waals surface area contributed by atoms with Crippen LogP contribution in [-0.4, -0.2) is 52.9 Å². The zero-order chi connectivity index (χ0) is 17.8. The summed E-state index contributed by atoms with van der Waals surface area (Å²) in [5, 5.41) is 0. The standard InChI is InChI=1S/C20H27N3O2/c1-4-7-23-16(2)13-19(17(23)3)20(24)15-22-10-8-21(9-11-22)14-18-6-5-12-25-18/h4-6,12-13H,1,7-11,14-15H2,2-3H3. The first kappa shape index (κ1) is 17.7. The predicted octanol–water partition coefficient (Wildman–Crippen LogP) is 2.88. The molecule has 0 unspecified atom stereocenters. The Bertz CT molecular complexity index is 722. The average molecular weight is 341 g/mol. The van der Waals surface area contributed by atoms with Gasteiger partial charge in [0.2, 0.25) is 0 Å². The summed E-state index contributed by atoms with van der Waals surface area (Å²) < 4.78 is 7.55. The number of aryl methyl sites for hydroxylation is 1. The highest BCUT2D eigenvalue weighted by Crippen LogP contribution is 2.17.